The predicted molar refractivity (Wildman–Crippen MR) is 94.4 cm³/mol. The average Bonchev–Trinajstić information content (AvgIpc) is 2.59. The third kappa shape index (κ3) is 7.64. The number of rotatable bonds is 8. The lowest BCUT2D eigenvalue weighted by Gasteiger charge is -2.30. The van der Waals surface area contributed by atoms with E-state index >= 15 is 0 Å². The van der Waals surface area contributed by atoms with Gasteiger partial charge < -0.3 is 15.0 Å². The van der Waals surface area contributed by atoms with Gasteiger partial charge in [-0.25, -0.2) is 0 Å². The fourth-order valence-electron chi connectivity index (χ4n) is 3.12. The quantitative estimate of drug-likeness (QED) is 0.705. The van der Waals surface area contributed by atoms with Crippen LogP contribution in [0.3, 0.4) is 0 Å². The fraction of sp³-hybridized carbons (Fsp3) is 0.632. The number of nitrogens with zero attached hydrogens (tertiary/aromatic N) is 1. The molecule has 1 aliphatic rings. The Morgan fingerprint density at radius 2 is 2.00 bits per heavy atom. The average molecular weight is 372 g/mol. The molecule has 0 aliphatic carbocycles. The van der Waals surface area contributed by atoms with Gasteiger partial charge in [-0.2, -0.15) is 13.2 Å². The van der Waals surface area contributed by atoms with Crippen LogP contribution in [0.15, 0.2) is 24.3 Å². The molecular weight excluding hydrogens is 345 g/mol. The van der Waals surface area contributed by atoms with Crippen molar-refractivity contribution in [3.8, 4) is 5.75 Å². The second-order valence-electron chi connectivity index (χ2n) is 6.94. The summed E-state index contributed by atoms with van der Waals surface area (Å²) in [7, 11) is 0. The molecule has 1 unspecified atom stereocenters. The Morgan fingerprint density at radius 1 is 1.27 bits per heavy atom. The lowest BCUT2D eigenvalue weighted by molar-refractivity contribution is -0.153. The van der Waals surface area contributed by atoms with E-state index in [9.17, 15) is 18.0 Å². The molecule has 0 radical (unpaired) electrons. The number of alkyl halides is 3. The molecule has 1 amide bonds. The van der Waals surface area contributed by atoms with Crippen LogP contribution in [0.2, 0.25) is 0 Å². The van der Waals surface area contributed by atoms with Crippen LogP contribution in [0.4, 0.5) is 13.2 Å². The van der Waals surface area contributed by atoms with Crippen LogP contribution in [0.5, 0.6) is 5.75 Å². The van der Waals surface area contributed by atoms with Gasteiger partial charge in [-0.3, -0.25) is 4.79 Å². The number of unbranched alkanes of at least 4 members (excludes halogenated alkanes) is 1. The van der Waals surface area contributed by atoms with E-state index in [-0.39, 0.29) is 11.7 Å². The molecule has 0 bridgehead atoms. The maximum absolute atomic E-state index is 12.1. The minimum absolute atomic E-state index is 0.0923. The highest BCUT2D eigenvalue weighted by atomic mass is 19.4. The van der Waals surface area contributed by atoms with E-state index in [1.54, 1.807) is 0 Å². The highest BCUT2D eigenvalue weighted by Gasteiger charge is 2.28. The van der Waals surface area contributed by atoms with Crippen LogP contribution in [-0.2, 0) is 0 Å². The van der Waals surface area contributed by atoms with Crippen molar-refractivity contribution in [1.82, 2.24) is 10.2 Å². The van der Waals surface area contributed by atoms with Crippen molar-refractivity contribution in [3.05, 3.63) is 29.8 Å². The van der Waals surface area contributed by atoms with Crippen molar-refractivity contribution >= 4 is 5.91 Å². The second kappa shape index (κ2) is 9.80. The van der Waals surface area contributed by atoms with Crippen LogP contribution in [0.1, 0.15) is 43.0 Å². The Kier molecular flexibility index (Phi) is 7.75. The number of halogens is 3. The van der Waals surface area contributed by atoms with E-state index in [2.05, 4.69) is 21.9 Å². The summed E-state index contributed by atoms with van der Waals surface area (Å²) >= 11 is 0. The molecular formula is C19H27F3N2O2. The molecule has 1 aromatic carbocycles. The predicted octanol–water partition coefficient (Wildman–Crippen LogP) is 3.87. The van der Waals surface area contributed by atoms with Gasteiger partial charge in [-0.15, -0.1) is 0 Å². The summed E-state index contributed by atoms with van der Waals surface area (Å²) in [4.78, 5) is 14.5. The Bertz CT molecular complexity index is 561. The van der Waals surface area contributed by atoms with E-state index in [1.807, 2.05) is 0 Å². The first kappa shape index (κ1) is 20.6. The number of hydrogen-bond acceptors (Lipinski definition) is 3. The molecule has 26 heavy (non-hydrogen) atoms. The summed E-state index contributed by atoms with van der Waals surface area (Å²) in [6, 6.07) is 5.68. The van der Waals surface area contributed by atoms with E-state index in [4.69, 9.17) is 0 Å². The summed E-state index contributed by atoms with van der Waals surface area (Å²) < 4.78 is 40.9. The van der Waals surface area contributed by atoms with Crippen molar-refractivity contribution in [2.45, 2.75) is 38.8 Å². The molecule has 1 fully saturated rings. The van der Waals surface area contributed by atoms with Gasteiger partial charge in [0.15, 0.2) is 6.61 Å². The Labute approximate surface area is 152 Å². The molecule has 1 heterocycles. The zero-order chi connectivity index (χ0) is 19.0. The summed E-state index contributed by atoms with van der Waals surface area (Å²) in [5.41, 5.74) is 0.411. The lowest BCUT2D eigenvalue weighted by Crippen LogP contribution is -2.35. The van der Waals surface area contributed by atoms with Gasteiger partial charge in [-0.05, 0) is 69.0 Å². The standard InChI is InChI=1S/C19H27F3N2O2/c1-15-5-4-12-24(13-15)11-3-2-10-23-18(25)16-6-8-17(9-7-16)26-14-19(20,21)22/h6-9,15H,2-5,10-14H2,1H3,(H,23,25). The van der Waals surface area contributed by atoms with Gasteiger partial charge in [-0.1, -0.05) is 6.92 Å². The third-order valence-corrected chi connectivity index (χ3v) is 4.45. The van der Waals surface area contributed by atoms with Crippen molar-refractivity contribution in [2.24, 2.45) is 5.92 Å². The van der Waals surface area contributed by atoms with Crippen LogP contribution in [0, 0.1) is 5.92 Å². The Hall–Kier alpha value is -1.76. The van der Waals surface area contributed by atoms with Crippen molar-refractivity contribution in [2.75, 3.05) is 32.8 Å². The van der Waals surface area contributed by atoms with Gasteiger partial charge in [0.2, 0.25) is 0 Å². The number of ether oxygens (including phenoxy) is 1. The summed E-state index contributed by atoms with van der Waals surface area (Å²) in [6.45, 7) is 4.93. The zero-order valence-corrected chi connectivity index (χ0v) is 15.1. The molecule has 2 rings (SSSR count). The van der Waals surface area contributed by atoms with Crippen LogP contribution in [0.25, 0.3) is 0 Å². The van der Waals surface area contributed by atoms with Crippen LogP contribution in [-0.4, -0.2) is 49.8 Å². The molecule has 0 aromatic heterocycles. The number of carbonyl (C=O) groups excluding carboxylic acids is 1. The highest BCUT2D eigenvalue weighted by Crippen LogP contribution is 2.19. The number of piperidine rings is 1. The molecule has 146 valence electrons. The van der Waals surface area contributed by atoms with Gasteiger partial charge >= 0.3 is 6.18 Å². The number of likely N-dealkylation sites (tertiary alicyclic amines) is 1. The summed E-state index contributed by atoms with van der Waals surface area (Å²) in [5.74, 6) is 0.639. The number of hydrogen-bond donors (Lipinski definition) is 1. The van der Waals surface area contributed by atoms with Gasteiger partial charge in [0.1, 0.15) is 5.75 Å². The molecule has 0 spiro atoms. The first-order valence-corrected chi connectivity index (χ1v) is 9.13. The van der Waals surface area contributed by atoms with Gasteiger partial charge in [0.25, 0.3) is 5.91 Å². The number of nitrogens with one attached hydrogen (secondary N) is 1. The zero-order valence-electron chi connectivity index (χ0n) is 15.1. The molecule has 7 heteroatoms. The number of amides is 1. The SMILES string of the molecule is CC1CCCN(CCCCNC(=O)c2ccc(OCC(F)(F)F)cc2)C1. The topological polar surface area (TPSA) is 41.6 Å². The van der Waals surface area contributed by atoms with Crippen molar-refractivity contribution in [3.63, 3.8) is 0 Å². The van der Waals surface area contributed by atoms with Crippen LogP contribution < -0.4 is 10.1 Å². The normalized spacial score (nSPS) is 18.5. The Balaban J connectivity index is 1.63. The highest BCUT2D eigenvalue weighted by molar-refractivity contribution is 5.94. The lowest BCUT2D eigenvalue weighted by atomic mass is 10.0. The van der Waals surface area contributed by atoms with Crippen LogP contribution >= 0.6 is 0 Å². The molecule has 0 saturated carbocycles. The third-order valence-electron chi connectivity index (χ3n) is 4.45. The first-order chi connectivity index (χ1) is 12.3. The molecule has 1 aromatic rings. The van der Waals surface area contributed by atoms with Crippen molar-refractivity contribution in [1.29, 1.82) is 0 Å². The maximum Gasteiger partial charge on any atom is 0.422 e. The first-order valence-electron chi connectivity index (χ1n) is 9.13. The molecule has 1 atom stereocenters. The van der Waals surface area contributed by atoms with Gasteiger partial charge in [0, 0.05) is 18.7 Å². The summed E-state index contributed by atoms with van der Waals surface area (Å²) in [5, 5.41) is 2.84. The molecule has 1 aliphatic heterocycles. The van der Waals surface area contributed by atoms with E-state index in [0.717, 1.165) is 31.8 Å². The smallest absolute Gasteiger partial charge is 0.422 e. The largest absolute Gasteiger partial charge is 0.484 e. The number of benzene rings is 1. The molecule has 1 saturated heterocycles. The summed E-state index contributed by atoms with van der Waals surface area (Å²) in [6.07, 6.45) is 0.149. The van der Waals surface area contributed by atoms with Gasteiger partial charge in [0.05, 0.1) is 0 Å². The van der Waals surface area contributed by atoms with Crippen molar-refractivity contribution < 1.29 is 22.7 Å². The fourth-order valence-corrected chi connectivity index (χ4v) is 3.12. The number of carbonyl (C=O) groups is 1. The molecule has 1 N–H and O–H groups in total. The minimum atomic E-state index is -4.37. The van der Waals surface area contributed by atoms with E-state index in [0.29, 0.717) is 12.1 Å². The van der Waals surface area contributed by atoms with E-state index < -0.39 is 12.8 Å². The monoisotopic (exact) mass is 372 g/mol. The van der Waals surface area contributed by atoms with E-state index in [1.165, 1.54) is 43.7 Å². The Morgan fingerprint density at radius 3 is 2.65 bits per heavy atom. The molecule has 4 nitrogen and oxygen atoms in total. The second-order valence-corrected chi connectivity index (χ2v) is 6.94. The maximum atomic E-state index is 12.1. The minimum Gasteiger partial charge on any atom is -0.484 e.